The molecule has 0 aromatic carbocycles. The van der Waals surface area contributed by atoms with E-state index in [-0.39, 0.29) is 11.3 Å². The van der Waals surface area contributed by atoms with Crippen LogP contribution in [0.1, 0.15) is 5.56 Å². The van der Waals surface area contributed by atoms with Crippen molar-refractivity contribution in [2.45, 2.75) is 0 Å². The molecular formula is C7H4ClN3O2. The average Bonchev–Trinajstić information content (AvgIpc) is 2.16. The number of amides is 1. The van der Waals surface area contributed by atoms with Gasteiger partial charge in [0.25, 0.3) is 0 Å². The zero-order chi connectivity index (χ0) is 9.84. The van der Waals surface area contributed by atoms with Gasteiger partial charge < -0.3 is 5.11 Å². The first-order valence-corrected chi connectivity index (χ1v) is 3.53. The van der Waals surface area contributed by atoms with E-state index in [2.05, 4.69) is 4.98 Å². The number of nitrogens with zero attached hydrogens (tertiary/aromatic N) is 3. The van der Waals surface area contributed by atoms with Crippen LogP contribution in [0.15, 0.2) is 18.5 Å². The van der Waals surface area contributed by atoms with Crippen LogP contribution < -0.4 is 4.42 Å². The lowest BCUT2D eigenvalue weighted by Crippen LogP contribution is -2.17. The van der Waals surface area contributed by atoms with Crippen LogP contribution in [0.3, 0.4) is 0 Å². The molecule has 0 bridgehead atoms. The van der Waals surface area contributed by atoms with Gasteiger partial charge in [0.1, 0.15) is 6.07 Å². The summed E-state index contributed by atoms with van der Waals surface area (Å²) >= 11 is 5.35. The number of carbonyl (C=O) groups is 1. The Morgan fingerprint density at radius 2 is 2.38 bits per heavy atom. The molecule has 0 aliphatic carbocycles. The second kappa shape index (κ2) is 3.74. The van der Waals surface area contributed by atoms with E-state index in [1.807, 2.05) is 6.07 Å². The molecule has 0 spiro atoms. The van der Waals surface area contributed by atoms with E-state index >= 15 is 0 Å². The van der Waals surface area contributed by atoms with Crippen molar-refractivity contribution in [2.75, 3.05) is 4.42 Å². The SMILES string of the molecule is N#Cc1cncc(N(Cl)C(=O)O)c1. The van der Waals surface area contributed by atoms with Crippen LogP contribution in [0.4, 0.5) is 10.5 Å². The molecule has 1 heterocycles. The smallest absolute Gasteiger partial charge is 0.426 e. The second-order valence-electron chi connectivity index (χ2n) is 2.11. The van der Waals surface area contributed by atoms with Crippen LogP contribution in [0, 0.1) is 11.3 Å². The topological polar surface area (TPSA) is 77.2 Å². The van der Waals surface area contributed by atoms with Crippen molar-refractivity contribution in [3.05, 3.63) is 24.0 Å². The summed E-state index contributed by atoms with van der Waals surface area (Å²) < 4.78 is 0.466. The highest BCUT2D eigenvalue weighted by atomic mass is 35.5. The van der Waals surface area contributed by atoms with E-state index in [1.165, 1.54) is 18.5 Å². The van der Waals surface area contributed by atoms with Crippen molar-refractivity contribution in [2.24, 2.45) is 0 Å². The van der Waals surface area contributed by atoms with Gasteiger partial charge in [-0.15, -0.1) is 0 Å². The maximum absolute atomic E-state index is 10.4. The minimum atomic E-state index is -1.32. The number of hydrogen-bond donors (Lipinski definition) is 1. The molecule has 0 unspecified atom stereocenters. The highest BCUT2D eigenvalue weighted by Crippen LogP contribution is 2.16. The van der Waals surface area contributed by atoms with Crippen LogP contribution in [-0.2, 0) is 0 Å². The number of anilines is 1. The molecule has 1 aromatic rings. The molecule has 1 N–H and O–H groups in total. The number of halogens is 1. The Labute approximate surface area is 78.9 Å². The molecule has 13 heavy (non-hydrogen) atoms. The predicted octanol–water partition coefficient (Wildman–Crippen LogP) is 1.59. The third-order valence-electron chi connectivity index (χ3n) is 1.25. The third-order valence-corrected chi connectivity index (χ3v) is 1.59. The van der Waals surface area contributed by atoms with Gasteiger partial charge in [0, 0.05) is 18.0 Å². The van der Waals surface area contributed by atoms with Crippen molar-refractivity contribution in [3.63, 3.8) is 0 Å². The molecule has 0 saturated carbocycles. The highest BCUT2D eigenvalue weighted by Gasteiger charge is 2.11. The number of pyridine rings is 1. The van der Waals surface area contributed by atoms with E-state index in [0.29, 0.717) is 4.42 Å². The first kappa shape index (κ1) is 9.29. The van der Waals surface area contributed by atoms with E-state index in [0.717, 1.165) is 0 Å². The standard InChI is InChI=1S/C7H4ClN3O2/c8-11(7(12)13)6-1-5(2-9)3-10-4-6/h1,3-4H,(H,12,13). The molecule has 0 fully saturated rings. The van der Waals surface area contributed by atoms with Crippen molar-refractivity contribution in [3.8, 4) is 6.07 Å². The van der Waals surface area contributed by atoms with Gasteiger partial charge in [-0.2, -0.15) is 9.68 Å². The fourth-order valence-electron chi connectivity index (χ4n) is 0.707. The van der Waals surface area contributed by atoms with Crippen molar-refractivity contribution >= 4 is 23.6 Å². The molecule has 6 heteroatoms. The number of rotatable bonds is 1. The summed E-state index contributed by atoms with van der Waals surface area (Å²) in [5, 5.41) is 17.0. The molecule has 66 valence electrons. The summed E-state index contributed by atoms with van der Waals surface area (Å²) in [5.41, 5.74) is 0.401. The van der Waals surface area contributed by atoms with E-state index in [9.17, 15) is 4.79 Å². The lowest BCUT2D eigenvalue weighted by molar-refractivity contribution is 0.206. The van der Waals surface area contributed by atoms with Crippen molar-refractivity contribution < 1.29 is 9.90 Å². The average molecular weight is 198 g/mol. The lowest BCUT2D eigenvalue weighted by atomic mass is 10.3. The number of aromatic nitrogens is 1. The first-order chi connectivity index (χ1) is 6.15. The van der Waals surface area contributed by atoms with E-state index in [1.54, 1.807) is 0 Å². The van der Waals surface area contributed by atoms with Gasteiger partial charge in [0.05, 0.1) is 17.4 Å². The molecule has 5 nitrogen and oxygen atoms in total. The zero-order valence-corrected chi connectivity index (χ0v) is 7.06. The molecule has 1 amide bonds. The number of hydrogen-bond acceptors (Lipinski definition) is 3. The summed E-state index contributed by atoms with van der Waals surface area (Å²) in [4.78, 5) is 14.0. The normalized spacial score (nSPS) is 8.92. The number of carboxylic acid groups (broad SMARTS) is 1. The van der Waals surface area contributed by atoms with Gasteiger partial charge >= 0.3 is 6.09 Å². The maximum atomic E-state index is 10.4. The minimum Gasteiger partial charge on any atom is -0.464 e. The molecule has 1 rings (SSSR count). The summed E-state index contributed by atoms with van der Waals surface area (Å²) in [7, 11) is 0. The zero-order valence-electron chi connectivity index (χ0n) is 6.31. The maximum Gasteiger partial charge on any atom is 0.426 e. The van der Waals surface area contributed by atoms with Crippen LogP contribution in [0.2, 0.25) is 0 Å². The molecule has 0 aliphatic heterocycles. The fraction of sp³-hybridized carbons (Fsp3) is 0. The van der Waals surface area contributed by atoms with E-state index in [4.69, 9.17) is 22.1 Å². The highest BCUT2D eigenvalue weighted by molar-refractivity contribution is 6.35. The van der Waals surface area contributed by atoms with Gasteiger partial charge in [-0.1, -0.05) is 0 Å². The van der Waals surface area contributed by atoms with Crippen LogP contribution >= 0.6 is 11.8 Å². The molecule has 1 aromatic heterocycles. The Balaban J connectivity index is 3.03. The van der Waals surface area contributed by atoms with Gasteiger partial charge in [-0.3, -0.25) is 4.98 Å². The van der Waals surface area contributed by atoms with Crippen molar-refractivity contribution in [1.29, 1.82) is 5.26 Å². The van der Waals surface area contributed by atoms with Crippen molar-refractivity contribution in [1.82, 2.24) is 4.98 Å². The Hall–Kier alpha value is -1.80. The van der Waals surface area contributed by atoms with Gasteiger partial charge in [-0.05, 0) is 6.07 Å². The monoisotopic (exact) mass is 197 g/mol. The Morgan fingerprint density at radius 1 is 1.69 bits per heavy atom. The summed E-state index contributed by atoms with van der Waals surface area (Å²) in [6.07, 6.45) is 1.25. The van der Waals surface area contributed by atoms with Gasteiger partial charge in [0.15, 0.2) is 0 Å². The summed E-state index contributed by atoms with van der Waals surface area (Å²) in [5.74, 6) is 0. The van der Waals surface area contributed by atoms with E-state index < -0.39 is 6.09 Å². The Bertz CT molecular complexity index is 374. The van der Waals surface area contributed by atoms with Crippen LogP contribution in [0.25, 0.3) is 0 Å². The third kappa shape index (κ3) is 2.07. The molecular weight excluding hydrogens is 194 g/mol. The predicted molar refractivity (Wildman–Crippen MR) is 45.3 cm³/mol. The molecule has 0 radical (unpaired) electrons. The largest absolute Gasteiger partial charge is 0.464 e. The van der Waals surface area contributed by atoms with Gasteiger partial charge in [0.2, 0.25) is 0 Å². The minimum absolute atomic E-state index is 0.146. The summed E-state index contributed by atoms with van der Waals surface area (Å²) in [6.45, 7) is 0. The van der Waals surface area contributed by atoms with Gasteiger partial charge in [-0.25, -0.2) is 4.79 Å². The molecule has 0 aliphatic rings. The lowest BCUT2D eigenvalue weighted by Gasteiger charge is -2.07. The number of nitriles is 1. The van der Waals surface area contributed by atoms with Crippen LogP contribution in [0.5, 0.6) is 0 Å². The molecule has 0 saturated heterocycles. The molecule has 0 atom stereocenters. The quantitative estimate of drug-likeness (QED) is 0.694. The summed E-state index contributed by atoms with van der Waals surface area (Å²) in [6, 6.07) is 3.15. The Morgan fingerprint density at radius 3 is 2.92 bits per heavy atom. The fourth-order valence-corrected chi connectivity index (χ4v) is 0.799. The first-order valence-electron chi connectivity index (χ1n) is 3.19. The Kier molecular flexibility index (Phi) is 2.67. The second-order valence-corrected chi connectivity index (χ2v) is 2.45. The van der Waals surface area contributed by atoms with Crippen LogP contribution in [-0.4, -0.2) is 16.2 Å².